The van der Waals surface area contributed by atoms with E-state index in [0.29, 0.717) is 5.58 Å². The van der Waals surface area contributed by atoms with E-state index in [1.54, 1.807) is 12.1 Å². The standard InChI is InChI=1S/C11H13NO2/c1-11(2,3)10-7-5-4-6-8(13)9(7)14-12-10/h4-6,13H,1-3H3. The van der Waals surface area contributed by atoms with E-state index in [1.165, 1.54) is 0 Å². The third kappa shape index (κ3) is 1.25. The fourth-order valence-corrected chi connectivity index (χ4v) is 1.49. The van der Waals surface area contributed by atoms with Gasteiger partial charge in [-0.05, 0) is 12.1 Å². The molecule has 3 nitrogen and oxygen atoms in total. The van der Waals surface area contributed by atoms with Gasteiger partial charge in [0.2, 0.25) is 5.58 Å². The second kappa shape index (κ2) is 2.74. The highest BCUT2D eigenvalue weighted by molar-refractivity contribution is 5.85. The second-order valence-corrected chi connectivity index (χ2v) is 4.44. The second-order valence-electron chi connectivity index (χ2n) is 4.44. The Hall–Kier alpha value is -1.51. The molecular formula is C11H13NO2. The van der Waals surface area contributed by atoms with Gasteiger partial charge < -0.3 is 9.63 Å². The van der Waals surface area contributed by atoms with Gasteiger partial charge in [0, 0.05) is 10.8 Å². The van der Waals surface area contributed by atoms with Crippen molar-refractivity contribution in [2.45, 2.75) is 26.2 Å². The number of hydrogen-bond donors (Lipinski definition) is 1. The van der Waals surface area contributed by atoms with Crippen molar-refractivity contribution < 1.29 is 9.63 Å². The van der Waals surface area contributed by atoms with Gasteiger partial charge >= 0.3 is 0 Å². The SMILES string of the molecule is CC(C)(C)c1noc2c(O)cccc12. The van der Waals surface area contributed by atoms with Crippen LogP contribution in [-0.4, -0.2) is 10.3 Å². The Morgan fingerprint density at radius 2 is 2.00 bits per heavy atom. The van der Waals surface area contributed by atoms with Gasteiger partial charge in [0.15, 0.2) is 5.75 Å². The van der Waals surface area contributed by atoms with Crippen LogP contribution in [-0.2, 0) is 5.41 Å². The third-order valence-corrected chi connectivity index (χ3v) is 2.19. The number of fused-ring (bicyclic) bond motifs is 1. The van der Waals surface area contributed by atoms with E-state index >= 15 is 0 Å². The van der Waals surface area contributed by atoms with Crippen LogP contribution in [0.3, 0.4) is 0 Å². The summed E-state index contributed by atoms with van der Waals surface area (Å²) in [7, 11) is 0. The molecule has 1 aromatic carbocycles. The lowest BCUT2D eigenvalue weighted by atomic mass is 9.90. The molecule has 0 amide bonds. The van der Waals surface area contributed by atoms with Crippen LogP contribution in [0.15, 0.2) is 22.7 Å². The van der Waals surface area contributed by atoms with Crippen molar-refractivity contribution >= 4 is 11.0 Å². The molecule has 1 aromatic heterocycles. The lowest BCUT2D eigenvalue weighted by Gasteiger charge is -2.14. The van der Waals surface area contributed by atoms with Crippen molar-refractivity contribution in [2.24, 2.45) is 0 Å². The maximum atomic E-state index is 9.52. The number of rotatable bonds is 0. The van der Waals surface area contributed by atoms with Crippen LogP contribution in [0, 0.1) is 0 Å². The van der Waals surface area contributed by atoms with Crippen LogP contribution in [0.4, 0.5) is 0 Å². The van der Waals surface area contributed by atoms with Gasteiger partial charge in [0.05, 0.1) is 5.69 Å². The van der Waals surface area contributed by atoms with Crippen LogP contribution < -0.4 is 0 Å². The summed E-state index contributed by atoms with van der Waals surface area (Å²) in [5.74, 6) is 0.144. The fraction of sp³-hybridized carbons (Fsp3) is 0.364. The van der Waals surface area contributed by atoms with Gasteiger partial charge in [0.25, 0.3) is 0 Å². The molecule has 0 atom stereocenters. The lowest BCUT2D eigenvalue weighted by molar-refractivity contribution is 0.401. The number of phenolic OH excluding ortho intramolecular Hbond substituents is 1. The van der Waals surface area contributed by atoms with Crippen molar-refractivity contribution in [1.29, 1.82) is 0 Å². The fourth-order valence-electron chi connectivity index (χ4n) is 1.49. The summed E-state index contributed by atoms with van der Waals surface area (Å²) >= 11 is 0. The molecule has 1 heterocycles. The summed E-state index contributed by atoms with van der Waals surface area (Å²) in [5.41, 5.74) is 1.28. The minimum absolute atomic E-state index is 0.0704. The third-order valence-electron chi connectivity index (χ3n) is 2.19. The molecule has 0 saturated heterocycles. The largest absolute Gasteiger partial charge is 0.504 e. The Morgan fingerprint density at radius 1 is 1.29 bits per heavy atom. The number of phenols is 1. The van der Waals surface area contributed by atoms with Gasteiger partial charge in [-0.3, -0.25) is 0 Å². The highest BCUT2D eigenvalue weighted by atomic mass is 16.5. The van der Waals surface area contributed by atoms with Gasteiger partial charge in [-0.25, -0.2) is 0 Å². The normalized spacial score (nSPS) is 12.2. The van der Waals surface area contributed by atoms with E-state index in [9.17, 15) is 5.11 Å². The first-order valence-corrected chi connectivity index (χ1v) is 4.58. The maximum absolute atomic E-state index is 9.52. The summed E-state index contributed by atoms with van der Waals surface area (Å²) in [6.07, 6.45) is 0. The van der Waals surface area contributed by atoms with Crippen LogP contribution in [0.5, 0.6) is 5.75 Å². The van der Waals surface area contributed by atoms with Crippen molar-refractivity contribution in [3.63, 3.8) is 0 Å². The number of hydrogen-bond acceptors (Lipinski definition) is 3. The molecule has 0 aliphatic rings. The number of para-hydroxylation sites is 1. The molecule has 14 heavy (non-hydrogen) atoms. The summed E-state index contributed by atoms with van der Waals surface area (Å²) in [5, 5.41) is 14.4. The predicted molar refractivity (Wildman–Crippen MR) is 54.4 cm³/mol. The van der Waals surface area contributed by atoms with E-state index in [4.69, 9.17) is 4.52 Å². The quantitative estimate of drug-likeness (QED) is 0.696. The molecular weight excluding hydrogens is 178 g/mol. The van der Waals surface area contributed by atoms with Crippen LogP contribution >= 0.6 is 0 Å². The Balaban J connectivity index is 2.76. The highest BCUT2D eigenvalue weighted by Gasteiger charge is 2.22. The van der Waals surface area contributed by atoms with Gasteiger partial charge in [-0.2, -0.15) is 0 Å². The van der Waals surface area contributed by atoms with Gasteiger partial charge in [-0.1, -0.05) is 32.0 Å². The molecule has 1 N–H and O–H groups in total. The maximum Gasteiger partial charge on any atom is 0.208 e. The molecule has 0 fully saturated rings. The topological polar surface area (TPSA) is 46.3 Å². The number of aromatic nitrogens is 1. The van der Waals surface area contributed by atoms with Crippen LogP contribution in [0.1, 0.15) is 26.5 Å². The monoisotopic (exact) mass is 191 g/mol. The van der Waals surface area contributed by atoms with Gasteiger partial charge in [0.1, 0.15) is 0 Å². The molecule has 0 bridgehead atoms. The molecule has 0 aliphatic heterocycles. The van der Waals surface area contributed by atoms with Crippen molar-refractivity contribution in [1.82, 2.24) is 5.16 Å². The smallest absolute Gasteiger partial charge is 0.208 e. The van der Waals surface area contributed by atoms with Crippen molar-refractivity contribution in [2.75, 3.05) is 0 Å². The van der Waals surface area contributed by atoms with E-state index in [1.807, 2.05) is 6.07 Å². The van der Waals surface area contributed by atoms with Crippen molar-refractivity contribution in [3.8, 4) is 5.75 Å². The van der Waals surface area contributed by atoms with E-state index in [2.05, 4.69) is 25.9 Å². The zero-order chi connectivity index (χ0) is 10.3. The minimum Gasteiger partial charge on any atom is -0.504 e. The number of aromatic hydroxyl groups is 1. The average molecular weight is 191 g/mol. The summed E-state index contributed by atoms with van der Waals surface area (Å²) in [6, 6.07) is 5.30. The predicted octanol–water partition coefficient (Wildman–Crippen LogP) is 2.83. The summed E-state index contributed by atoms with van der Waals surface area (Å²) < 4.78 is 5.11. The minimum atomic E-state index is -0.0704. The Kier molecular flexibility index (Phi) is 1.77. The summed E-state index contributed by atoms with van der Waals surface area (Å²) in [4.78, 5) is 0. The van der Waals surface area contributed by atoms with Crippen LogP contribution in [0.25, 0.3) is 11.0 Å². The van der Waals surface area contributed by atoms with Gasteiger partial charge in [-0.15, -0.1) is 0 Å². The van der Waals surface area contributed by atoms with E-state index in [-0.39, 0.29) is 11.2 Å². The molecule has 74 valence electrons. The van der Waals surface area contributed by atoms with E-state index in [0.717, 1.165) is 11.1 Å². The highest BCUT2D eigenvalue weighted by Crippen LogP contribution is 2.32. The van der Waals surface area contributed by atoms with Crippen molar-refractivity contribution in [3.05, 3.63) is 23.9 Å². The molecule has 0 aliphatic carbocycles. The molecule has 3 heteroatoms. The first-order chi connectivity index (χ1) is 6.50. The van der Waals surface area contributed by atoms with Crippen LogP contribution in [0.2, 0.25) is 0 Å². The zero-order valence-corrected chi connectivity index (χ0v) is 8.53. The molecule has 2 rings (SSSR count). The molecule has 0 saturated carbocycles. The molecule has 0 radical (unpaired) electrons. The Bertz CT molecular complexity index is 466. The lowest BCUT2D eigenvalue weighted by Crippen LogP contribution is -2.11. The average Bonchev–Trinajstić information content (AvgIpc) is 2.47. The summed E-state index contributed by atoms with van der Waals surface area (Å²) in [6.45, 7) is 6.19. The molecule has 2 aromatic rings. The Morgan fingerprint density at radius 3 is 2.64 bits per heavy atom. The first-order valence-electron chi connectivity index (χ1n) is 4.58. The number of nitrogens with zero attached hydrogens (tertiary/aromatic N) is 1. The first kappa shape index (κ1) is 9.06. The molecule has 0 spiro atoms. The van der Waals surface area contributed by atoms with E-state index < -0.39 is 0 Å². The Labute approximate surface area is 82.3 Å². The zero-order valence-electron chi connectivity index (χ0n) is 8.53. The molecule has 0 unspecified atom stereocenters. The number of benzene rings is 1.